The molecule has 2 aliphatic rings. The van der Waals surface area contributed by atoms with Crippen LogP contribution in [0, 0.1) is 11.8 Å². The van der Waals surface area contributed by atoms with E-state index in [2.05, 4.69) is 15.3 Å². The standard InChI is InChI=1S/C26H35N3O3/c30-25(26(31,23-7-3-1-4-8-23)24-9-5-2-6-10-24)32-18-21(22-16-28-19-29-17-22)15-20-11-13-27-14-12-20/h1,3-4,7-8,16-17,19-21,24,27,31H,2,5-6,9-15,18H2. The Balaban J connectivity index is 1.51. The minimum absolute atomic E-state index is 0.0228. The van der Waals surface area contributed by atoms with E-state index in [1.807, 2.05) is 42.7 Å². The van der Waals surface area contributed by atoms with Crippen LogP contribution in [0.4, 0.5) is 0 Å². The number of rotatable bonds is 8. The summed E-state index contributed by atoms with van der Waals surface area (Å²) in [7, 11) is 0. The topological polar surface area (TPSA) is 84.3 Å². The lowest BCUT2D eigenvalue weighted by atomic mass is 9.73. The molecule has 1 saturated carbocycles. The van der Waals surface area contributed by atoms with Gasteiger partial charge in [0.25, 0.3) is 0 Å². The van der Waals surface area contributed by atoms with Crippen LogP contribution < -0.4 is 5.32 Å². The predicted octanol–water partition coefficient (Wildman–Crippen LogP) is 3.96. The van der Waals surface area contributed by atoms with Gasteiger partial charge in [0.15, 0.2) is 5.60 Å². The van der Waals surface area contributed by atoms with Crippen molar-refractivity contribution >= 4 is 5.97 Å². The zero-order valence-corrected chi connectivity index (χ0v) is 18.8. The predicted molar refractivity (Wildman–Crippen MR) is 123 cm³/mol. The van der Waals surface area contributed by atoms with Gasteiger partial charge >= 0.3 is 5.97 Å². The zero-order chi connectivity index (χ0) is 22.2. The number of ether oxygens (including phenoxy) is 1. The summed E-state index contributed by atoms with van der Waals surface area (Å²) in [6.07, 6.45) is 13.2. The minimum Gasteiger partial charge on any atom is -0.463 e. The Morgan fingerprint density at radius 2 is 1.75 bits per heavy atom. The first-order chi connectivity index (χ1) is 15.7. The van der Waals surface area contributed by atoms with E-state index in [0.717, 1.165) is 70.0 Å². The smallest absolute Gasteiger partial charge is 0.343 e. The Bertz CT molecular complexity index is 836. The quantitative estimate of drug-likeness (QED) is 0.608. The fraction of sp³-hybridized carbons (Fsp3) is 0.577. The average molecular weight is 438 g/mol. The van der Waals surface area contributed by atoms with Crippen LogP contribution in [0.1, 0.15) is 68.4 Å². The van der Waals surface area contributed by atoms with Gasteiger partial charge in [0.1, 0.15) is 6.33 Å². The van der Waals surface area contributed by atoms with E-state index in [-0.39, 0.29) is 18.4 Å². The lowest BCUT2D eigenvalue weighted by molar-refractivity contribution is -0.176. The lowest BCUT2D eigenvalue weighted by Gasteiger charge is -2.37. The lowest BCUT2D eigenvalue weighted by Crippen LogP contribution is -2.45. The number of aliphatic hydroxyl groups is 1. The Morgan fingerprint density at radius 3 is 2.44 bits per heavy atom. The SMILES string of the molecule is O=C(OCC(CC1CCNCC1)c1cncnc1)C(O)(c1ccccc1)C1CCCCC1. The summed E-state index contributed by atoms with van der Waals surface area (Å²) in [6.45, 7) is 2.29. The number of nitrogens with one attached hydrogen (secondary N) is 1. The van der Waals surface area contributed by atoms with Crippen LogP contribution in [0.25, 0.3) is 0 Å². The number of benzene rings is 1. The molecule has 6 nitrogen and oxygen atoms in total. The highest BCUT2D eigenvalue weighted by molar-refractivity contribution is 5.81. The van der Waals surface area contributed by atoms with E-state index in [0.29, 0.717) is 11.5 Å². The van der Waals surface area contributed by atoms with Crippen molar-refractivity contribution in [2.45, 2.75) is 62.9 Å². The molecule has 2 fully saturated rings. The molecular formula is C26H35N3O3. The molecule has 1 aliphatic carbocycles. The number of carbonyl (C=O) groups is 1. The second kappa shape index (κ2) is 11.0. The molecule has 1 aromatic carbocycles. The molecule has 6 heteroatoms. The third-order valence-electron chi connectivity index (χ3n) is 7.27. The first kappa shape index (κ1) is 22.9. The highest BCUT2D eigenvalue weighted by atomic mass is 16.5. The summed E-state index contributed by atoms with van der Waals surface area (Å²) in [5.74, 6) is -0.0435. The molecule has 2 aromatic rings. The van der Waals surface area contributed by atoms with Crippen molar-refractivity contribution in [3.05, 3.63) is 60.2 Å². The van der Waals surface area contributed by atoms with Crippen LogP contribution in [-0.4, -0.2) is 40.7 Å². The van der Waals surface area contributed by atoms with Crippen LogP contribution in [0.5, 0.6) is 0 Å². The van der Waals surface area contributed by atoms with Gasteiger partial charge in [-0.05, 0) is 62.2 Å². The van der Waals surface area contributed by atoms with E-state index in [4.69, 9.17) is 4.74 Å². The molecular weight excluding hydrogens is 402 g/mol. The maximum atomic E-state index is 13.5. The molecule has 4 rings (SSSR count). The van der Waals surface area contributed by atoms with Crippen LogP contribution >= 0.6 is 0 Å². The van der Waals surface area contributed by atoms with Gasteiger partial charge in [-0.3, -0.25) is 0 Å². The van der Waals surface area contributed by atoms with Gasteiger partial charge in [0.2, 0.25) is 0 Å². The Kier molecular flexibility index (Phi) is 7.87. The molecule has 0 bridgehead atoms. The van der Waals surface area contributed by atoms with Crippen molar-refractivity contribution in [1.82, 2.24) is 15.3 Å². The number of nitrogens with zero attached hydrogens (tertiary/aromatic N) is 2. The summed E-state index contributed by atoms with van der Waals surface area (Å²) in [5.41, 5.74) is 0.0170. The maximum absolute atomic E-state index is 13.5. The number of carbonyl (C=O) groups excluding carboxylic acids is 1. The van der Waals surface area contributed by atoms with Crippen molar-refractivity contribution in [2.24, 2.45) is 11.8 Å². The fourth-order valence-corrected chi connectivity index (χ4v) is 5.36. The normalized spacial score (nSPS) is 20.9. The summed E-state index contributed by atoms with van der Waals surface area (Å²) >= 11 is 0. The van der Waals surface area contributed by atoms with Crippen molar-refractivity contribution in [3.63, 3.8) is 0 Å². The molecule has 0 amide bonds. The minimum atomic E-state index is -1.60. The average Bonchev–Trinajstić information content (AvgIpc) is 2.88. The molecule has 0 radical (unpaired) electrons. The Labute approximate surface area is 190 Å². The van der Waals surface area contributed by atoms with Crippen LogP contribution in [0.2, 0.25) is 0 Å². The molecule has 1 aliphatic heterocycles. The van der Waals surface area contributed by atoms with Gasteiger partial charge in [-0.1, -0.05) is 49.6 Å². The zero-order valence-electron chi connectivity index (χ0n) is 18.8. The van der Waals surface area contributed by atoms with E-state index < -0.39 is 11.6 Å². The molecule has 0 spiro atoms. The number of piperidine rings is 1. The largest absolute Gasteiger partial charge is 0.463 e. The Morgan fingerprint density at radius 1 is 1.06 bits per heavy atom. The highest BCUT2D eigenvalue weighted by Gasteiger charge is 2.47. The van der Waals surface area contributed by atoms with Crippen molar-refractivity contribution in [3.8, 4) is 0 Å². The Hall–Kier alpha value is -2.31. The summed E-state index contributed by atoms with van der Waals surface area (Å²) in [5, 5.41) is 15.2. The summed E-state index contributed by atoms with van der Waals surface area (Å²) in [4.78, 5) is 21.8. The molecule has 2 N–H and O–H groups in total. The van der Waals surface area contributed by atoms with Gasteiger partial charge in [-0.15, -0.1) is 0 Å². The molecule has 2 heterocycles. The summed E-state index contributed by atoms with van der Waals surface area (Å²) in [6, 6.07) is 9.33. The van der Waals surface area contributed by atoms with Crippen LogP contribution in [-0.2, 0) is 15.1 Å². The van der Waals surface area contributed by atoms with Crippen molar-refractivity contribution in [2.75, 3.05) is 19.7 Å². The third kappa shape index (κ3) is 5.36. The first-order valence-corrected chi connectivity index (χ1v) is 12.1. The number of hydrogen-bond acceptors (Lipinski definition) is 6. The first-order valence-electron chi connectivity index (χ1n) is 12.1. The van der Waals surface area contributed by atoms with Gasteiger partial charge in [-0.2, -0.15) is 0 Å². The monoisotopic (exact) mass is 437 g/mol. The number of esters is 1. The van der Waals surface area contributed by atoms with Crippen molar-refractivity contribution in [1.29, 1.82) is 0 Å². The van der Waals surface area contributed by atoms with Gasteiger partial charge in [0, 0.05) is 24.2 Å². The molecule has 172 valence electrons. The highest BCUT2D eigenvalue weighted by Crippen LogP contribution is 2.41. The molecule has 2 atom stereocenters. The second-order valence-electron chi connectivity index (χ2n) is 9.36. The number of hydrogen-bond donors (Lipinski definition) is 2. The van der Waals surface area contributed by atoms with E-state index in [1.165, 1.54) is 6.33 Å². The van der Waals surface area contributed by atoms with Gasteiger partial charge < -0.3 is 15.2 Å². The number of aromatic nitrogens is 2. The maximum Gasteiger partial charge on any atom is 0.343 e. The molecule has 32 heavy (non-hydrogen) atoms. The molecule has 1 aromatic heterocycles. The second-order valence-corrected chi connectivity index (χ2v) is 9.36. The van der Waals surface area contributed by atoms with Crippen LogP contribution in [0.15, 0.2) is 49.1 Å². The van der Waals surface area contributed by atoms with Crippen molar-refractivity contribution < 1.29 is 14.6 Å². The van der Waals surface area contributed by atoms with Crippen LogP contribution in [0.3, 0.4) is 0 Å². The van der Waals surface area contributed by atoms with E-state index in [9.17, 15) is 9.90 Å². The van der Waals surface area contributed by atoms with E-state index in [1.54, 1.807) is 0 Å². The van der Waals surface area contributed by atoms with Gasteiger partial charge in [-0.25, -0.2) is 14.8 Å². The molecule has 2 unspecified atom stereocenters. The van der Waals surface area contributed by atoms with E-state index >= 15 is 0 Å². The van der Waals surface area contributed by atoms with Gasteiger partial charge in [0.05, 0.1) is 6.61 Å². The summed E-state index contributed by atoms with van der Waals surface area (Å²) < 4.78 is 5.91. The molecule has 1 saturated heterocycles. The fourth-order valence-electron chi connectivity index (χ4n) is 5.36. The third-order valence-corrected chi connectivity index (χ3v) is 7.27.